The molecular weight excluding hydrogens is 308 g/mol. The summed E-state index contributed by atoms with van der Waals surface area (Å²) in [4.78, 5) is 22.1. The summed E-state index contributed by atoms with van der Waals surface area (Å²) in [5.41, 5.74) is 10.4. The SMILES string of the molecule is NC(=O)c1ccc2c(c1)S(=O)(=O)c1cc(C(N)=O)ccc1O2. The average Bonchev–Trinajstić information content (AvgIpc) is 2.46. The molecule has 0 aliphatic carbocycles. The summed E-state index contributed by atoms with van der Waals surface area (Å²) in [5, 5.41) is 0. The van der Waals surface area contributed by atoms with Gasteiger partial charge in [-0.05, 0) is 36.4 Å². The third kappa shape index (κ3) is 2.01. The van der Waals surface area contributed by atoms with Gasteiger partial charge in [-0.3, -0.25) is 9.59 Å². The molecule has 7 nitrogen and oxygen atoms in total. The minimum atomic E-state index is -3.95. The third-order valence-corrected chi connectivity index (χ3v) is 5.05. The first-order chi connectivity index (χ1) is 10.3. The summed E-state index contributed by atoms with van der Waals surface area (Å²) in [5.74, 6) is -1.34. The predicted molar refractivity (Wildman–Crippen MR) is 75.4 cm³/mol. The van der Waals surface area contributed by atoms with E-state index < -0.39 is 21.7 Å². The van der Waals surface area contributed by atoms with Gasteiger partial charge >= 0.3 is 0 Å². The van der Waals surface area contributed by atoms with Gasteiger partial charge in [0.25, 0.3) is 0 Å². The van der Waals surface area contributed by atoms with Gasteiger partial charge in [-0.1, -0.05) is 0 Å². The number of sulfone groups is 1. The van der Waals surface area contributed by atoms with Gasteiger partial charge in [-0.25, -0.2) is 8.42 Å². The Bertz CT molecular complexity index is 865. The quantitative estimate of drug-likeness (QED) is 0.722. The fraction of sp³-hybridized carbons (Fsp3) is 0. The van der Waals surface area contributed by atoms with Crippen molar-refractivity contribution >= 4 is 21.7 Å². The maximum Gasteiger partial charge on any atom is 0.248 e. The molecule has 1 aliphatic rings. The summed E-state index contributed by atoms with van der Waals surface area (Å²) < 4.78 is 30.8. The molecule has 4 N–H and O–H groups in total. The highest BCUT2D eigenvalue weighted by Gasteiger charge is 2.32. The van der Waals surface area contributed by atoms with Gasteiger partial charge in [0, 0.05) is 11.1 Å². The molecular formula is C14H10N2O5S. The Morgan fingerprint density at radius 3 is 1.59 bits per heavy atom. The second-order valence-corrected chi connectivity index (χ2v) is 6.54. The number of nitrogens with two attached hydrogens (primary N) is 2. The van der Waals surface area contributed by atoms with Crippen molar-refractivity contribution in [2.45, 2.75) is 9.79 Å². The number of carbonyl (C=O) groups excluding carboxylic acids is 2. The van der Waals surface area contributed by atoms with Gasteiger partial charge in [-0.2, -0.15) is 0 Å². The maximum absolute atomic E-state index is 12.7. The molecule has 0 fully saturated rings. The lowest BCUT2D eigenvalue weighted by atomic mass is 10.2. The number of fused-ring (bicyclic) bond motifs is 2. The number of carbonyl (C=O) groups is 2. The van der Waals surface area contributed by atoms with Gasteiger partial charge in [-0.15, -0.1) is 0 Å². The number of rotatable bonds is 2. The van der Waals surface area contributed by atoms with E-state index in [2.05, 4.69) is 0 Å². The highest BCUT2D eigenvalue weighted by atomic mass is 32.2. The van der Waals surface area contributed by atoms with E-state index in [0.29, 0.717) is 0 Å². The Labute approximate surface area is 125 Å². The number of primary amides is 2. The van der Waals surface area contributed by atoms with Crippen molar-refractivity contribution in [2.24, 2.45) is 11.5 Å². The van der Waals surface area contributed by atoms with Crippen molar-refractivity contribution in [3.05, 3.63) is 47.5 Å². The molecule has 1 aliphatic heterocycles. The number of ether oxygens (including phenoxy) is 1. The molecule has 0 spiro atoms. The molecule has 0 saturated heterocycles. The van der Waals surface area contributed by atoms with Crippen molar-refractivity contribution in [1.82, 2.24) is 0 Å². The van der Waals surface area contributed by atoms with Gasteiger partial charge in [0.1, 0.15) is 21.3 Å². The van der Waals surface area contributed by atoms with Crippen molar-refractivity contribution in [3.63, 3.8) is 0 Å². The highest BCUT2D eigenvalue weighted by molar-refractivity contribution is 7.91. The summed E-state index contributed by atoms with van der Waals surface area (Å²) in [6.07, 6.45) is 0. The molecule has 0 unspecified atom stereocenters. The molecule has 8 heteroatoms. The van der Waals surface area contributed by atoms with E-state index in [4.69, 9.17) is 16.2 Å². The minimum Gasteiger partial charge on any atom is -0.455 e. The largest absolute Gasteiger partial charge is 0.455 e. The van der Waals surface area contributed by atoms with E-state index in [1.165, 1.54) is 24.3 Å². The Morgan fingerprint density at radius 2 is 1.23 bits per heavy atom. The van der Waals surface area contributed by atoms with E-state index in [9.17, 15) is 18.0 Å². The monoisotopic (exact) mass is 318 g/mol. The average molecular weight is 318 g/mol. The van der Waals surface area contributed by atoms with E-state index >= 15 is 0 Å². The summed E-state index contributed by atoms with van der Waals surface area (Å²) >= 11 is 0. The lowest BCUT2D eigenvalue weighted by Gasteiger charge is -2.21. The zero-order chi connectivity index (χ0) is 16.1. The van der Waals surface area contributed by atoms with Crippen molar-refractivity contribution in [3.8, 4) is 11.5 Å². The van der Waals surface area contributed by atoms with Gasteiger partial charge in [0.2, 0.25) is 21.7 Å². The predicted octanol–water partition coefficient (Wildman–Crippen LogP) is 0.823. The topological polar surface area (TPSA) is 130 Å². The minimum absolute atomic E-state index is 0.0421. The lowest BCUT2D eigenvalue weighted by Crippen LogP contribution is -2.17. The fourth-order valence-electron chi connectivity index (χ4n) is 2.15. The standard InChI is InChI=1S/C14H10N2O5S/c15-13(17)7-1-3-9-11(5-7)22(19,20)12-6-8(14(16)18)2-4-10(12)21-9/h1-6H,(H2,15,17)(H2,16,18). The van der Waals surface area contributed by atoms with Crippen LogP contribution in [0.15, 0.2) is 46.2 Å². The molecule has 112 valence electrons. The van der Waals surface area contributed by atoms with Crippen LogP contribution in [0.4, 0.5) is 0 Å². The molecule has 2 aromatic carbocycles. The Kier molecular flexibility index (Phi) is 2.92. The number of hydrogen-bond acceptors (Lipinski definition) is 5. The Hall–Kier alpha value is -2.87. The van der Waals surface area contributed by atoms with Crippen LogP contribution in [0.2, 0.25) is 0 Å². The normalized spacial score (nSPS) is 14.4. The van der Waals surface area contributed by atoms with Crippen LogP contribution < -0.4 is 16.2 Å². The zero-order valence-electron chi connectivity index (χ0n) is 11.1. The third-order valence-electron chi connectivity index (χ3n) is 3.26. The van der Waals surface area contributed by atoms with Crippen LogP contribution in [-0.4, -0.2) is 20.2 Å². The molecule has 2 amide bonds. The number of amides is 2. The van der Waals surface area contributed by atoms with Crippen molar-refractivity contribution in [1.29, 1.82) is 0 Å². The van der Waals surface area contributed by atoms with Crippen LogP contribution in [0.3, 0.4) is 0 Å². The summed E-state index contributed by atoms with van der Waals surface area (Å²) in [6, 6.07) is 7.76. The van der Waals surface area contributed by atoms with Crippen LogP contribution in [0.1, 0.15) is 20.7 Å². The van der Waals surface area contributed by atoms with Crippen molar-refractivity contribution in [2.75, 3.05) is 0 Å². The van der Waals surface area contributed by atoms with Gasteiger partial charge in [0.15, 0.2) is 0 Å². The molecule has 0 bridgehead atoms. The first-order valence-electron chi connectivity index (χ1n) is 6.11. The van der Waals surface area contributed by atoms with E-state index in [0.717, 1.165) is 12.1 Å². The summed E-state index contributed by atoms with van der Waals surface area (Å²) in [7, 11) is -3.95. The molecule has 0 aromatic heterocycles. The fourth-order valence-corrected chi connectivity index (χ4v) is 3.70. The van der Waals surface area contributed by atoms with Crippen LogP contribution >= 0.6 is 0 Å². The molecule has 1 heterocycles. The smallest absolute Gasteiger partial charge is 0.248 e. The first-order valence-corrected chi connectivity index (χ1v) is 7.59. The van der Waals surface area contributed by atoms with Gasteiger partial charge in [0.05, 0.1) is 0 Å². The van der Waals surface area contributed by atoms with E-state index in [1.54, 1.807) is 0 Å². The zero-order valence-corrected chi connectivity index (χ0v) is 11.9. The van der Waals surface area contributed by atoms with Crippen LogP contribution in [0.5, 0.6) is 11.5 Å². The lowest BCUT2D eigenvalue weighted by molar-refractivity contribution is 0.0991. The number of benzene rings is 2. The second-order valence-electron chi connectivity index (χ2n) is 4.66. The van der Waals surface area contributed by atoms with E-state index in [-0.39, 0.29) is 32.4 Å². The maximum atomic E-state index is 12.7. The van der Waals surface area contributed by atoms with Crippen LogP contribution in [0.25, 0.3) is 0 Å². The highest BCUT2D eigenvalue weighted by Crippen LogP contribution is 2.43. The van der Waals surface area contributed by atoms with Gasteiger partial charge < -0.3 is 16.2 Å². The van der Waals surface area contributed by atoms with Crippen LogP contribution in [-0.2, 0) is 9.84 Å². The number of hydrogen-bond donors (Lipinski definition) is 2. The molecule has 3 rings (SSSR count). The van der Waals surface area contributed by atoms with Crippen molar-refractivity contribution < 1.29 is 22.7 Å². The van der Waals surface area contributed by atoms with Crippen LogP contribution in [0, 0.1) is 0 Å². The summed E-state index contributed by atoms with van der Waals surface area (Å²) in [6.45, 7) is 0. The second kappa shape index (κ2) is 4.57. The molecule has 0 saturated carbocycles. The molecule has 2 aromatic rings. The first kappa shape index (κ1) is 14.1. The molecule has 0 atom stereocenters. The molecule has 22 heavy (non-hydrogen) atoms. The molecule has 0 radical (unpaired) electrons. The van der Waals surface area contributed by atoms with E-state index in [1.807, 2.05) is 0 Å². The Balaban J connectivity index is 2.26. The Morgan fingerprint density at radius 1 is 0.818 bits per heavy atom.